The lowest BCUT2D eigenvalue weighted by Gasteiger charge is -2.09. The van der Waals surface area contributed by atoms with Crippen LogP contribution in [-0.4, -0.2) is 35.9 Å². The Morgan fingerprint density at radius 3 is 2.82 bits per heavy atom. The van der Waals surface area contributed by atoms with Crippen molar-refractivity contribution in [1.29, 1.82) is 0 Å². The second kappa shape index (κ2) is 6.07. The van der Waals surface area contributed by atoms with E-state index in [9.17, 15) is 9.90 Å². The number of ether oxygens (including phenoxy) is 1. The van der Waals surface area contributed by atoms with E-state index in [1.807, 2.05) is 0 Å². The predicted octanol–water partition coefficient (Wildman–Crippen LogP) is -0.663. The predicted molar refractivity (Wildman–Crippen MR) is 61.6 cm³/mol. The van der Waals surface area contributed by atoms with Gasteiger partial charge < -0.3 is 26.0 Å². The number of hydrogen-bond donors (Lipinski definition) is 4. The number of hydrogen-bond acceptors (Lipinski definition) is 5. The molecule has 6 nitrogen and oxygen atoms in total. The largest absolute Gasteiger partial charge is 0.504 e. The molecule has 0 fully saturated rings. The first-order valence-corrected chi connectivity index (χ1v) is 5.08. The number of nitrogens with two attached hydrogens (primary N) is 1. The zero-order valence-electron chi connectivity index (χ0n) is 9.51. The van der Waals surface area contributed by atoms with Crippen LogP contribution in [0.3, 0.4) is 0 Å². The third-order valence-electron chi connectivity index (χ3n) is 2.24. The molecule has 1 aromatic rings. The number of amides is 1. The standard InChI is InChI=1S/C11H16N2O4/c1-17-10-3-2-7(4-8(10)14)5-13-6-9(15)11(12)16/h2-4,9,13-15H,5-6H2,1H3,(H2,12,16). The van der Waals surface area contributed by atoms with Crippen LogP contribution in [0.4, 0.5) is 0 Å². The molecule has 1 atom stereocenters. The van der Waals surface area contributed by atoms with Crippen molar-refractivity contribution in [2.24, 2.45) is 5.73 Å². The summed E-state index contributed by atoms with van der Waals surface area (Å²) >= 11 is 0. The van der Waals surface area contributed by atoms with Crippen LogP contribution in [0.15, 0.2) is 18.2 Å². The molecule has 1 unspecified atom stereocenters. The minimum Gasteiger partial charge on any atom is -0.504 e. The number of carbonyl (C=O) groups is 1. The summed E-state index contributed by atoms with van der Waals surface area (Å²) in [6, 6.07) is 4.95. The van der Waals surface area contributed by atoms with Gasteiger partial charge in [0.25, 0.3) is 0 Å². The van der Waals surface area contributed by atoms with E-state index in [1.54, 1.807) is 18.2 Å². The first kappa shape index (κ1) is 13.3. The zero-order chi connectivity index (χ0) is 12.8. The Labute approximate surface area is 99.0 Å². The molecule has 0 bridgehead atoms. The number of phenolic OH excluding ortho intramolecular Hbond substituents is 1. The van der Waals surface area contributed by atoms with Crippen molar-refractivity contribution in [1.82, 2.24) is 5.32 Å². The summed E-state index contributed by atoms with van der Waals surface area (Å²) in [5.74, 6) is -0.330. The smallest absolute Gasteiger partial charge is 0.247 e. The average Bonchev–Trinajstić information content (AvgIpc) is 2.29. The highest BCUT2D eigenvalue weighted by Gasteiger charge is 2.09. The number of primary amides is 1. The summed E-state index contributed by atoms with van der Waals surface area (Å²) in [6.07, 6.45) is -1.21. The molecule has 0 aliphatic carbocycles. The van der Waals surface area contributed by atoms with Gasteiger partial charge in [0.1, 0.15) is 6.10 Å². The minimum atomic E-state index is -1.21. The molecule has 1 rings (SSSR count). The third kappa shape index (κ3) is 3.93. The van der Waals surface area contributed by atoms with Crippen molar-refractivity contribution in [2.45, 2.75) is 12.6 Å². The summed E-state index contributed by atoms with van der Waals surface area (Å²) in [4.78, 5) is 10.6. The summed E-state index contributed by atoms with van der Waals surface area (Å²) in [5.41, 5.74) is 5.70. The van der Waals surface area contributed by atoms with E-state index in [4.69, 9.17) is 15.6 Å². The van der Waals surface area contributed by atoms with E-state index in [1.165, 1.54) is 7.11 Å². The highest BCUT2D eigenvalue weighted by atomic mass is 16.5. The fraction of sp³-hybridized carbons (Fsp3) is 0.364. The first-order chi connectivity index (χ1) is 8.04. The number of methoxy groups -OCH3 is 1. The number of phenols is 1. The zero-order valence-corrected chi connectivity index (χ0v) is 9.51. The summed E-state index contributed by atoms with van der Waals surface area (Å²) < 4.78 is 4.90. The maximum absolute atomic E-state index is 10.6. The number of aliphatic hydroxyl groups is 1. The summed E-state index contributed by atoms with van der Waals surface area (Å²) in [5, 5.41) is 21.5. The van der Waals surface area contributed by atoms with E-state index < -0.39 is 12.0 Å². The van der Waals surface area contributed by atoms with E-state index in [0.29, 0.717) is 12.3 Å². The normalized spacial score (nSPS) is 12.1. The molecule has 17 heavy (non-hydrogen) atoms. The third-order valence-corrected chi connectivity index (χ3v) is 2.24. The molecule has 0 saturated carbocycles. The SMILES string of the molecule is COc1ccc(CNCC(O)C(N)=O)cc1O. The van der Waals surface area contributed by atoms with Crippen LogP contribution in [0.1, 0.15) is 5.56 Å². The number of carbonyl (C=O) groups excluding carboxylic acids is 1. The molecule has 0 spiro atoms. The van der Waals surface area contributed by atoms with Crippen molar-refractivity contribution in [3.63, 3.8) is 0 Å². The maximum Gasteiger partial charge on any atom is 0.247 e. The molecular formula is C11H16N2O4. The Kier molecular flexibility index (Phi) is 4.74. The summed E-state index contributed by atoms with van der Waals surface area (Å²) in [7, 11) is 1.47. The van der Waals surface area contributed by atoms with Gasteiger partial charge in [-0.05, 0) is 17.7 Å². The molecule has 0 radical (unpaired) electrons. The van der Waals surface area contributed by atoms with Crippen LogP contribution in [0.2, 0.25) is 0 Å². The van der Waals surface area contributed by atoms with E-state index in [0.717, 1.165) is 5.56 Å². The number of aliphatic hydroxyl groups excluding tert-OH is 1. The van der Waals surface area contributed by atoms with Gasteiger partial charge >= 0.3 is 0 Å². The molecule has 0 aromatic heterocycles. The Morgan fingerprint density at radius 1 is 1.59 bits per heavy atom. The van der Waals surface area contributed by atoms with Crippen LogP contribution >= 0.6 is 0 Å². The van der Waals surface area contributed by atoms with Gasteiger partial charge in [0.15, 0.2) is 11.5 Å². The fourth-order valence-corrected chi connectivity index (χ4v) is 1.30. The Bertz CT molecular complexity index is 395. The van der Waals surface area contributed by atoms with Crippen molar-refractivity contribution in [2.75, 3.05) is 13.7 Å². The van der Waals surface area contributed by atoms with Gasteiger partial charge in [0.2, 0.25) is 5.91 Å². The average molecular weight is 240 g/mol. The number of benzene rings is 1. The quantitative estimate of drug-likeness (QED) is 0.528. The monoisotopic (exact) mass is 240 g/mol. The van der Waals surface area contributed by atoms with Crippen molar-refractivity contribution in [3.05, 3.63) is 23.8 Å². The lowest BCUT2D eigenvalue weighted by Crippen LogP contribution is -2.37. The van der Waals surface area contributed by atoms with E-state index in [2.05, 4.69) is 5.32 Å². The molecule has 0 aliphatic heterocycles. The molecule has 1 amide bonds. The topological polar surface area (TPSA) is 105 Å². The lowest BCUT2D eigenvalue weighted by molar-refractivity contribution is -0.125. The maximum atomic E-state index is 10.6. The number of aromatic hydroxyl groups is 1. The molecule has 5 N–H and O–H groups in total. The van der Waals surface area contributed by atoms with Crippen LogP contribution in [-0.2, 0) is 11.3 Å². The van der Waals surface area contributed by atoms with E-state index >= 15 is 0 Å². The lowest BCUT2D eigenvalue weighted by atomic mass is 10.2. The van der Waals surface area contributed by atoms with Gasteiger partial charge in [-0.2, -0.15) is 0 Å². The minimum absolute atomic E-state index is 0.0437. The molecular weight excluding hydrogens is 224 g/mol. The fourth-order valence-electron chi connectivity index (χ4n) is 1.30. The molecule has 6 heteroatoms. The van der Waals surface area contributed by atoms with Crippen LogP contribution in [0, 0.1) is 0 Å². The van der Waals surface area contributed by atoms with Gasteiger partial charge in [-0.15, -0.1) is 0 Å². The second-order valence-electron chi connectivity index (χ2n) is 3.56. The summed E-state index contributed by atoms with van der Waals surface area (Å²) in [6.45, 7) is 0.476. The van der Waals surface area contributed by atoms with E-state index in [-0.39, 0.29) is 12.3 Å². The van der Waals surface area contributed by atoms with Crippen molar-refractivity contribution >= 4 is 5.91 Å². The van der Waals surface area contributed by atoms with Crippen LogP contribution in [0.5, 0.6) is 11.5 Å². The molecule has 0 aliphatic rings. The Balaban J connectivity index is 2.47. The second-order valence-corrected chi connectivity index (χ2v) is 3.56. The molecule has 1 aromatic carbocycles. The van der Waals surface area contributed by atoms with Crippen molar-refractivity contribution < 1.29 is 19.7 Å². The molecule has 94 valence electrons. The van der Waals surface area contributed by atoms with Gasteiger partial charge in [-0.1, -0.05) is 6.07 Å². The first-order valence-electron chi connectivity index (χ1n) is 5.08. The number of rotatable bonds is 6. The molecule has 0 saturated heterocycles. The molecule has 0 heterocycles. The Morgan fingerprint density at radius 2 is 2.29 bits per heavy atom. The highest BCUT2D eigenvalue weighted by molar-refractivity contribution is 5.78. The van der Waals surface area contributed by atoms with Crippen LogP contribution < -0.4 is 15.8 Å². The van der Waals surface area contributed by atoms with Gasteiger partial charge in [-0.25, -0.2) is 0 Å². The highest BCUT2D eigenvalue weighted by Crippen LogP contribution is 2.25. The van der Waals surface area contributed by atoms with Crippen LogP contribution in [0.25, 0.3) is 0 Å². The number of nitrogens with one attached hydrogen (secondary N) is 1. The van der Waals surface area contributed by atoms with Gasteiger partial charge in [0, 0.05) is 13.1 Å². The van der Waals surface area contributed by atoms with Gasteiger partial charge in [0.05, 0.1) is 7.11 Å². The van der Waals surface area contributed by atoms with Crippen molar-refractivity contribution in [3.8, 4) is 11.5 Å². The van der Waals surface area contributed by atoms with Gasteiger partial charge in [-0.3, -0.25) is 4.79 Å². The Hall–Kier alpha value is -1.79.